The molecule has 0 saturated heterocycles. The summed E-state index contributed by atoms with van der Waals surface area (Å²) in [5.74, 6) is 0.0309. The van der Waals surface area contributed by atoms with Gasteiger partial charge in [-0.3, -0.25) is 4.79 Å². The van der Waals surface area contributed by atoms with Crippen LogP contribution >= 0.6 is 0 Å². The summed E-state index contributed by atoms with van der Waals surface area (Å²) in [4.78, 5) is 12.4. The van der Waals surface area contributed by atoms with Crippen LogP contribution in [-0.2, 0) is 14.6 Å². The predicted molar refractivity (Wildman–Crippen MR) is 86.1 cm³/mol. The lowest BCUT2D eigenvalue weighted by Gasteiger charge is -2.25. The molecule has 2 atom stereocenters. The highest BCUT2D eigenvalue weighted by Gasteiger charge is 2.25. The lowest BCUT2D eigenvalue weighted by molar-refractivity contribution is -0.126. The molecular formula is C16H24N2O3S. The highest BCUT2D eigenvalue weighted by molar-refractivity contribution is 7.91. The average molecular weight is 324 g/mol. The van der Waals surface area contributed by atoms with E-state index < -0.39 is 9.84 Å². The third-order valence-electron chi connectivity index (χ3n) is 4.08. The fraction of sp³-hybridized carbons (Fsp3) is 0.562. The molecule has 1 fully saturated rings. The van der Waals surface area contributed by atoms with Crippen molar-refractivity contribution >= 4 is 15.7 Å². The molecule has 1 aliphatic carbocycles. The van der Waals surface area contributed by atoms with Crippen LogP contribution in [0.25, 0.3) is 0 Å². The van der Waals surface area contributed by atoms with Gasteiger partial charge in [0.25, 0.3) is 0 Å². The lowest BCUT2D eigenvalue weighted by atomic mass is 9.85. The molecule has 1 aromatic rings. The van der Waals surface area contributed by atoms with Gasteiger partial charge in [0.15, 0.2) is 9.84 Å². The van der Waals surface area contributed by atoms with Gasteiger partial charge in [0.05, 0.1) is 10.6 Å². The summed E-state index contributed by atoms with van der Waals surface area (Å²) in [6.07, 6.45) is 4.00. The molecule has 3 N–H and O–H groups in total. The standard InChI is InChI=1S/C16H24N2O3S/c17-14-7-4-6-13(12-14)16(19)18-10-5-11-22(20,21)15-8-2-1-3-9-15/h1-3,8-9,13-14H,4-7,10-12,17H2,(H,18,19). The van der Waals surface area contributed by atoms with Gasteiger partial charge in [-0.25, -0.2) is 8.42 Å². The van der Waals surface area contributed by atoms with Gasteiger partial charge in [-0.05, 0) is 37.8 Å². The van der Waals surface area contributed by atoms with Gasteiger partial charge in [0, 0.05) is 18.5 Å². The van der Waals surface area contributed by atoms with Crippen molar-refractivity contribution in [1.29, 1.82) is 0 Å². The zero-order chi connectivity index (χ0) is 16.0. The molecule has 6 heteroatoms. The van der Waals surface area contributed by atoms with Crippen LogP contribution in [0, 0.1) is 5.92 Å². The Morgan fingerprint density at radius 1 is 1.23 bits per heavy atom. The van der Waals surface area contributed by atoms with Crippen molar-refractivity contribution in [3.63, 3.8) is 0 Å². The second kappa shape index (κ2) is 7.74. The Morgan fingerprint density at radius 2 is 1.95 bits per heavy atom. The molecule has 0 spiro atoms. The first-order chi connectivity index (χ1) is 10.5. The zero-order valence-corrected chi connectivity index (χ0v) is 13.5. The highest BCUT2D eigenvalue weighted by Crippen LogP contribution is 2.23. The lowest BCUT2D eigenvalue weighted by Crippen LogP contribution is -2.38. The molecule has 2 unspecified atom stereocenters. The van der Waals surface area contributed by atoms with Crippen LogP contribution in [0.5, 0.6) is 0 Å². The van der Waals surface area contributed by atoms with E-state index in [2.05, 4.69) is 5.32 Å². The highest BCUT2D eigenvalue weighted by atomic mass is 32.2. The maximum atomic E-state index is 12.1. The van der Waals surface area contributed by atoms with Crippen molar-refractivity contribution in [1.82, 2.24) is 5.32 Å². The Balaban J connectivity index is 1.74. The summed E-state index contributed by atoms with van der Waals surface area (Å²) in [6.45, 7) is 0.386. The van der Waals surface area contributed by atoms with Crippen LogP contribution in [0.1, 0.15) is 32.1 Å². The monoisotopic (exact) mass is 324 g/mol. The van der Waals surface area contributed by atoms with E-state index in [1.54, 1.807) is 30.3 Å². The van der Waals surface area contributed by atoms with E-state index >= 15 is 0 Å². The number of sulfone groups is 1. The number of nitrogens with two attached hydrogens (primary N) is 1. The van der Waals surface area contributed by atoms with E-state index in [0.717, 1.165) is 25.7 Å². The van der Waals surface area contributed by atoms with Crippen molar-refractivity contribution in [3.8, 4) is 0 Å². The Morgan fingerprint density at radius 3 is 2.64 bits per heavy atom. The van der Waals surface area contributed by atoms with Crippen LogP contribution in [0.15, 0.2) is 35.2 Å². The number of hydrogen-bond acceptors (Lipinski definition) is 4. The molecule has 2 rings (SSSR count). The van der Waals surface area contributed by atoms with E-state index in [9.17, 15) is 13.2 Å². The number of hydrogen-bond donors (Lipinski definition) is 2. The largest absolute Gasteiger partial charge is 0.356 e. The maximum absolute atomic E-state index is 12.1. The third kappa shape index (κ3) is 4.81. The predicted octanol–water partition coefficient (Wildman–Crippen LogP) is 1.48. The quantitative estimate of drug-likeness (QED) is 0.776. The molecule has 1 aliphatic rings. The number of carbonyl (C=O) groups is 1. The van der Waals surface area contributed by atoms with Crippen molar-refractivity contribution in [2.45, 2.75) is 43.0 Å². The Labute approximate surface area is 132 Å². The fourth-order valence-corrected chi connectivity index (χ4v) is 4.16. The van der Waals surface area contributed by atoms with Gasteiger partial charge in [-0.15, -0.1) is 0 Å². The maximum Gasteiger partial charge on any atom is 0.223 e. The smallest absolute Gasteiger partial charge is 0.223 e. The zero-order valence-electron chi connectivity index (χ0n) is 12.7. The first-order valence-electron chi connectivity index (χ1n) is 7.80. The van der Waals surface area contributed by atoms with Crippen LogP contribution in [-0.4, -0.2) is 32.7 Å². The number of amides is 1. The van der Waals surface area contributed by atoms with Gasteiger partial charge >= 0.3 is 0 Å². The van der Waals surface area contributed by atoms with Crippen molar-refractivity contribution in [2.24, 2.45) is 11.7 Å². The molecule has 122 valence electrons. The molecule has 1 aromatic carbocycles. The molecule has 0 aromatic heterocycles. The van der Waals surface area contributed by atoms with E-state index in [1.165, 1.54) is 0 Å². The minimum absolute atomic E-state index is 0.00672. The normalized spacial score (nSPS) is 22.2. The molecule has 0 aliphatic heterocycles. The van der Waals surface area contributed by atoms with E-state index in [1.807, 2.05) is 0 Å². The fourth-order valence-electron chi connectivity index (χ4n) is 2.83. The van der Waals surface area contributed by atoms with Gasteiger partial charge in [-0.1, -0.05) is 24.6 Å². The van der Waals surface area contributed by atoms with Crippen molar-refractivity contribution in [3.05, 3.63) is 30.3 Å². The van der Waals surface area contributed by atoms with Crippen LogP contribution in [0.4, 0.5) is 0 Å². The topological polar surface area (TPSA) is 89.3 Å². The first-order valence-corrected chi connectivity index (χ1v) is 9.45. The SMILES string of the molecule is NC1CCCC(C(=O)NCCCS(=O)(=O)c2ccccc2)C1. The second-order valence-corrected chi connectivity index (χ2v) is 8.01. The van der Waals surface area contributed by atoms with Crippen LogP contribution in [0.3, 0.4) is 0 Å². The summed E-state index contributed by atoms with van der Waals surface area (Å²) in [6, 6.07) is 8.51. The van der Waals surface area contributed by atoms with E-state index in [-0.39, 0.29) is 23.6 Å². The summed E-state index contributed by atoms with van der Waals surface area (Å²) in [7, 11) is -3.26. The molecular weight excluding hydrogens is 300 g/mol. The van der Waals surface area contributed by atoms with E-state index in [4.69, 9.17) is 5.73 Å². The van der Waals surface area contributed by atoms with Crippen molar-refractivity contribution in [2.75, 3.05) is 12.3 Å². The van der Waals surface area contributed by atoms with Crippen molar-refractivity contribution < 1.29 is 13.2 Å². The number of nitrogens with one attached hydrogen (secondary N) is 1. The minimum atomic E-state index is -3.26. The van der Waals surface area contributed by atoms with Gasteiger partial charge in [0.1, 0.15) is 0 Å². The molecule has 1 amide bonds. The molecule has 0 bridgehead atoms. The summed E-state index contributed by atoms with van der Waals surface area (Å²) >= 11 is 0. The molecule has 1 saturated carbocycles. The number of carbonyl (C=O) groups excluding carboxylic acids is 1. The van der Waals surface area contributed by atoms with Gasteiger partial charge in [0.2, 0.25) is 5.91 Å². The first kappa shape index (κ1) is 17.0. The average Bonchev–Trinajstić information content (AvgIpc) is 2.52. The Hall–Kier alpha value is -1.40. The van der Waals surface area contributed by atoms with Gasteiger partial charge in [-0.2, -0.15) is 0 Å². The molecule has 5 nitrogen and oxygen atoms in total. The summed E-state index contributed by atoms with van der Waals surface area (Å²) in [5, 5.41) is 2.84. The van der Waals surface area contributed by atoms with Crippen LogP contribution in [0.2, 0.25) is 0 Å². The summed E-state index contributed by atoms with van der Waals surface area (Å²) < 4.78 is 24.2. The van der Waals surface area contributed by atoms with E-state index in [0.29, 0.717) is 17.9 Å². The Bertz CT molecular complexity index is 587. The summed E-state index contributed by atoms with van der Waals surface area (Å²) in [5.41, 5.74) is 5.88. The molecule has 22 heavy (non-hydrogen) atoms. The second-order valence-electron chi connectivity index (χ2n) is 5.90. The Kier molecular flexibility index (Phi) is 5.97. The van der Waals surface area contributed by atoms with Gasteiger partial charge < -0.3 is 11.1 Å². The molecule has 0 heterocycles. The minimum Gasteiger partial charge on any atom is -0.356 e. The third-order valence-corrected chi connectivity index (χ3v) is 5.89. The van der Waals surface area contributed by atoms with Crippen LogP contribution < -0.4 is 11.1 Å². The number of rotatable bonds is 6. The number of benzene rings is 1. The molecule has 0 radical (unpaired) electrons.